The van der Waals surface area contributed by atoms with Gasteiger partial charge >= 0.3 is 0 Å². The minimum atomic E-state index is -0.676. The molecule has 0 saturated heterocycles. The molecule has 0 radical (unpaired) electrons. The fraction of sp³-hybridized carbons (Fsp3) is 0.310. The van der Waals surface area contributed by atoms with E-state index < -0.39 is 6.04 Å². The lowest BCUT2D eigenvalue weighted by Gasteiger charge is -2.32. The van der Waals surface area contributed by atoms with Crippen molar-refractivity contribution in [1.82, 2.24) is 10.2 Å². The van der Waals surface area contributed by atoms with Gasteiger partial charge in [-0.05, 0) is 48.6 Å². The average Bonchev–Trinajstić information content (AvgIpc) is 2.87. The number of carbonyl (C=O) groups is 2. The Balaban J connectivity index is 1.90. The molecule has 5 heteroatoms. The molecule has 0 bridgehead atoms. The Morgan fingerprint density at radius 2 is 1.44 bits per heavy atom. The van der Waals surface area contributed by atoms with E-state index in [0.29, 0.717) is 12.8 Å². The standard InChI is InChI=1S/C29H33FN2O2/c1-3-22(2)31-29(34)27(20-24-12-8-5-9-13-24)32(21-25-14-17-26(30)18-15-25)28(33)19-16-23-10-6-4-7-11-23/h4-15,17-18,22,27H,3,16,19-21H2,1-2H3,(H,31,34). The molecule has 3 aromatic carbocycles. The summed E-state index contributed by atoms with van der Waals surface area (Å²) >= 11 is 0. The quantitative estimate of drug-likeness (QED) is 0.421. The fourth-order valence-corrected chi connectivity index (χ4v) is 3.82. The van der Waals surface area contributed by atoms with Gasteiger partial charge in [0.05, 0.1) is 0 Å². The highest BCUT2D eigenvalue weighted by atomic mass is 19.1. The fourth-order valence-electron chi connectivity index (χ4n) is 3.82. The van der Waals surface area contributed by atoms with Gasteiger partial charge in [-0.25, -0.2) is 4.39 Å². The lowest BCUT2D eigenvalue weighted by Crippen LogP contribution is -2.52. The normalized spacial score (nSPS) is 12.6. The van der Waals surface area contributed by atoms with E-state index in [0.717, 1.165) is 23.1 Å². The molecule has 178 valence electrons. The van der Waals surface area contributed by atoms with Gasteiger partial charge in [-0.3, -0.25) is 9.59 Å². The third kappa shape index (κ3) is 7.55. The first-order valence-electron chi connectivity index (χ1n) is 11.9. The maximum Gasteiger partial charge on any atom is 0.243 e. The molecule has 0 spiro atoms. The van der Waals surface area contributed by atoms with Crippen LogP contribution < -0.4 is 5.32 Å². The van der Waals surface area contributed by atoms with Crippen LogP contribution in [0.4, 0.5) is 4.39 Å². The molecule has 1 N–H and O–H groups in total. The van der Waals surface area contributed by atoms with Crippen LogP contribution in [0.3, 0.4) is 0 Å². The second-order valence-corrected chi connectivity index (χ2v) is 8.66. The van der Waals surface area contributed by atoms with Crippen LogP contribution >= 0.6 is 0 Å². The van der Waals surface area contributed by atoms with Gasteiger partial charge in [-0.2, -0.15) is 0 Å². The molecule has 4 nitrogen and oxygen atoms in total. The zero-order valence-corrected chi connectivity index (χ0v) is 19.9. The highest BCUT2D eigenvalue weighted by molar-refractivity contribution is 5.88. The van der Waals surface area contributed by atoms with Crippen LogP contribution in [0.5, 0.6) is 0 Å². The van der Waals surface area contributed by atoms with Crippen molar-refractivity contribution >= 4 is 11.8 Å². The molecule has 0 saturated carbocycles. The van der Waals surface area contributed by atoms with E-state index in [9.17, 15) is 14.0 Å². The molecule has 2 amide bonds. The Morgan fingerprint density at radius 1 is 0.853 bits per heavy atom. The van der Waals surface area contributed by atoms with Crippen LogP contribution in [-0.4, -0.2) is 28.8 Å². The van der Waals surface area contributed by atoms with Gasteiger partial charge in [-0.15, -0.1) is 0 Å². The first kappa shape index (κ1) is 25.2. The van der Waals surface area contributed by atoms with Gasteiger partial charge in [0.25, 0.3) is 0 Å². The highest BCUT2D eigenvalue weighted by Crippen LogP contribution is 2.17. The summed E-state index contributed by atoms with van der Waals surface area (Å²) in [5.74, 6) is -0.608. The van der Waals surface area contributed by atoms with E-state index >= 15 is 0 Å². The summed E-state index contributed by atoms with van der Waals surface area (Å²) in [5.41, 5.74) is 2.83. The summed E-state index contributed by atoms with van der Waals surface area (Å²) < 4.78 is 13.5. The summed E-state index contributed by atoms with van der Waals surface area (Å²) in [6.07, 6.45) is 2.07. The number of hydrogen-bond acceptors (Lipinski definition) is 2. The van der Waals surface area contributed by atoms with Crippen LogP contribution in [-0.2, 0) is 29.0 Å². The van der Waals surface area contributed by atoms with E-state index in [1.165, 1.54) is 12.1 Å². The van der Waals surface area contributed by atoms with Gasteiger partial charge < -0.3 is 10.2 Å². The Labute approximate surface area is 201 Å². The van der Waals surface area contributed by atoms with Crippen molar-refractivity contribution in [3.8, 4) is 0 Å². The summed E-state index contributed by atoms with van der Waals surface area (Å²) in [5, 5.41) is 3.06. The summed E-state index contributed by atoms with van der Waals surface area (Å²) in [6.45, 7) is 4.21. The number of benzene rings is 3. The smallest absolute Gasteiger partial charge is 0.243 e. The zero-order chi connectivity index (χ0) is 24.3. The van der Waals surface area contributed by atoms with E-state index in [-0.39, 0.29) is 36.6 Å². The second kappa shape index (κ2) is 12.7. The van der Waals surface area contributed by atoms with Crippen molar-refractivity contribution in [2.75, 3.05) is 0 Å². The minimum absolute atomic E-state index is 0.00198. The van der Waals surface area contributed by atoms with Crippen LogP contribution in [0.15, 0.2) is 84.9 Å². The monoisotopic (exact) mass is 460 g/mol. The SMILES string of the molecule is CCC(C)NC(=O)C(Cc1ccccc1)N(Cc1ccc(F)cc1)C(=O)CCc1ccccc1. The van der Waals surface area contributed by atoms with Crippen molar-refractivity contribution in [3.05, 3.63) is 107 Å². The molecular weight excluding hydrogens is 427 g/mol. The summed E-state index contributed by atoms with van der Waals surface area (Å²) in [4.78, 5) is 28.6. The topological polar surface area (TPSA) is 49.4 Å². The molecule has 2 unspecified atom stereocenters. The summed E-state index contributed by atoms with van der Waals surface area (Å²) in [7, 11) is 0. The lowest BCUT2D eigenvalue weighted by atomic mass is 10.0. The van der Waals surface area contributed by atoms with Crippen LogP contribution in [0.1, 0.15) is 43.4 Å². The molecule has 0 aliphatic carbocycles. The molecule has 0 aliphatic rings. The lowest BCUT2D eigenvalue weighted by molar-refractivity contribution is -0.141. The van der Waals surface area contributed by atoms with Crippen LogP contribution in [0, 0.1) is 5.82 Å². The molecule has 34 heavy (non-hydrogen) atoms. The number of aryl methyl sites for hydroxylation is 1. The molecular formula is C29H33FN2O2. The Kier molecular flexibility index (Phi) is 9.39. The molecule has 3 aromatic rings. The number of amides is 2. The Hall–Kier alpha value is -3.47. The predicted molar refractivity (Wildman–Crippen MR) is 134 cm³/mol. The number of halogens is 1. The van der Waals surface area contributed by atoms with Crippen molar-refractivity contribution in [1.29, 1.82) is 0 Å². The van der Waals surface area contributed by atoms with Gasteiger partial charge in [0, 0.05) is 25.4 Å². The van der Waals surface area contributed by atoms with E-state index in [1.807, 2.05) is 74.5 Å². The number of nitrogens with one attached hydrogen (secondary N) is 1. The molecule has 0 aromatic heterocycles. The van der Waals surface area contributed by atoms with E-state index in [2.05, 4.69) is 5.32 Å². The van der Waals surface area contributed by atoms with Gasteiger partial charge in [0.1, 0.15) is 11.9 Å². The van der Waals surface area contributed by atoms with Crippen molar-refractivity contribution < 1.29 is 14.0 Å². The van der Waals surface area contributed by atoms with E-state index in [1.54, 1.807) is 17.0 Å². The number of rotatable bonds is 11. The van der Waals surface area contributed by atoms with Crippen molar-refractivity contribution in [2.45, 2.75) is 58.2 Å². The third-order valence-corrected chi connectivity index (χ3v) is 6.01. The van der Waals surface area contributed by atoms with Gasteiger partial charge in [0.2, 0.25) is 11.8 Å². The van der Waals surface area contributed by atoms with Crippen LogP contribution in [0.25, 0.3) is 0 Å². The van der Waals surface area contributed by atoms with E-state index in [4.69, 9.17) is 0 Å². The first-order chi connectivity index (χ1) is 16.5. The molecule has 2 atom stereocenters. The van der Waals surface area contributed by atoms with Crippen molar-refractivity contribution in [2.24, 2.45) is 0 Å². The highest BCUT2D eigenvalue weighted by Gasteiger charge is 2.30. The molecule has 0 fully saturated rings. The number of hydrogen-bond donors (Lipinski definition) is 1. The minimum Gasteiger partial charge on any atom is -0.352 e. The second-order valence-electron chi connectivity index (χ2n) is 8.66. The zero-order valence-electron chi connectivity index (χ0n) is 19.9. The molecule has 3 rings (SSSR count). The largest absolute Gasteiger partial charge is 0.352 e. The average molecular weight is 461 g/mol. The third-order valence-electron chi connectivity index (χ3n) is 6.01. The summed E-state index contributed by atoms with van der Waals surface area (Å²) in [6, 6.07) is 25.0. The Morgan fingerprint density at radius 3 is 2.03 bits per heavy atom. The predicted octanol–water partition coefficient (Wildman–Crippen LogP) is 5.31. The maximum absolute atomic E-state index is 13.6. The maximum atomic E-state index is 13.6. The first-order valence-corrected chi connectivity index (χ1v) is 11.9. The molecule has 0 heterocycles. The van der Waals surface area contributed by atoms with Gasteiger partial charge in [-0.1, -0.05) is 79.7 Å². The Bertz CT molecular complexity index is 1040. The number of nitrogens with zero attached hydrogens (tertiary/aromatic N) is 1. The number of carbonyl (C=O) groups excluding carboxylic acids is 2. The molecule has 0 aliphatic heterocycles. The van der Waals surface area contributed by atoms with Gasteiger partial charge in [0.15, 0.2) is 0 Å². The van der Waals surface area contributed by atoms with Crippen molar-refractivity contribution in [3.63, 3.8) is 0 Å². The van der Waals surface area contributed by atoms with Crippen LogP contribution in [0.2, 0.25) is 0 Å².